The van der Waals surface area contributed by atoms with Crippen molar-refractivity contribution in [2.24, 2.45) is 0 Å². The van der Waals surface area contributed by atoms with Crippen molar-refractivity contribution in [1.82, 2.24) is 0 Å². The van der Waals surface area contributed by atoms with Gasteiger partial charge in [-0.05, 0) is 5.46 Å². The fraction of sp³-hybridized carbons (Fsp3) is 0.333. The van der Waals surface area contributed by atoms with E-state index in [1.54, 1.807) is 24.3 Å². The normalized spacial score (nSPS) is 9.47. The molecule has 5 nitrogen and oxygen atoms in total. The molecule has 0 heterocycles. The van der Waals surface area contributed by atoms with Gasteiger partial charge < -0.3 is 25.4 Å². The standard InChI is InChI=1S/C6H7BO2.C3H8O3/c8-7(9)6-4-2-1-3-5-6;4-1-3(6)2-5/h1-5,8-9H;3-6H,1-2H2. The van der Waals surface area contributed by atoms with Gasteiger partial charge in [-0.2, -0.15) is 0 Å². The second-order valence-electron chi connectivity index (χ2n) is 2.80. The van der Waals surface area contributed by atoms with Crippen molar-refractivity contribution in [3.63, 3.8) is 0 Å². The Morgan fingerprint density at radius 1 is 1.00 bits per heavy atom. The zero-order valence-corrected chi connectivity index (χ0v) is 8.19. The fourth-order valence-corrected chi connectivity index (χ4v) is 0.683. The van der Waals surface area contributed by atoms with Gasteiger partial charge in [0.2, 0.25) is 0 Å². The lowest BCUT2D eigenvalue weighted by Crippen LogP contribution is -2.29. The second-order valence-corrected chi connectivity index (χ2v) is 2.80. The zero-order chi connectivity index (χ0) is 11.7. The molecule has 0 fully saturated rings. The maximum atomic E-state index is 8.58. The molecule has 0 atom stereocenters. The first-order valence-electron chi connectivity index (χ1n) is 4.42. The summed E-state index contributed by atoms with van der Waals surface area (Å²) in [5.41, 5.74) is 0.525. The van der Waals surface area contributed by atoms with Crippen molar-refractivity contribution >= 4 is 12.6 Å². The third-order valence-electron chi connectivity index (χ3n) is 1.52. The fourth-order valence-electron chi connectivity index (χ4n) is 0.683. The molecule has 0 unspecified atom stereocenters. The van der Waals surface area contributed by atoms with Gasteiger partial charge in [0.1, 0.15) is 6.10 Å². The molecule has 0 saturated carbocycles. The summed E-state index contributed by atoms with van der Waals surface area (Å²) in [7, 11) is -1.34. The minimum Gasteiger partial charge on any atom is -0.423 e. The lowest BCUT2D eigenvalue weighted by molar-refractivity contribution is 0.0450. The molecule has 0 saturated heterocycles. The van der Waals surface area contributed by atoms with Crippen molar-refractivity contribution in [1.29, 1.82) is 0 Å². The molecule has 0 aliphatic rings. The molecule has 0 spiro atoms. The summed E-state index contributed by atoms with van der Waals surface area (Å²) in [6, 6.07) is 8.66. The van der Waals surface area contributed by atoms with Gasteiger partial charge in [-0.15, -0.1) is 0 Å². The average molecular weight is 214 g/mol. The van der Waals surface area contributed by atoms with Gasteiger partial charge in [0.25, 0.3) is 0 Å². The van der Waals surface area contributed by atoms with E-state index in [4.69, 9.17) is 25.4 Å². The summed E-state index contributed by atoms with van der Waals surface area (Å²) in [6.45, 7) is -0.729. The summed E-state index contributed by atoms with van der Waals surface area (Å²) in [5, 5.41) is 41.2. The van der Waals surface area contributed by atoms with Crippen molar-refractivity contribution in [2.75, 3.05) is 13.2 Å². The van der Waals surface area contributed by atoms with Crippen LogP contribution in [0.1, 0.15) is 0 Å². The maximum absolute atomic E-state index is 8.58. The quantitative estimate of drug-likeness (QED) is 0.364. The molecule has 84 valence electrons. The van der Waals surface area contributed by atoms with Crippen LogP contribution in [0, 0.1) is 0 Å². The van der Waals surface area contributed by atoms with E-state index in [0.29, 0.717) is 5.46 Å². The molecule has 1 aromatic rings. The number of benzene rings is 1. The Balaban J connectivity index is 0.000000288. The van der Waals surface area contributed by atoms with E-state index in [1.165, 1.54) is 0 Å². The Bertz CT molecular complexity index is 238. The minimum atomic E-state index is -1.34. The van der Waals surface area contributed by atoms with Gasteiger partial charge in [-0.25, -0.2) is 0 Å². The van der Waals surface area contributed by atoms with E-state index >= 15 is 0 Å². The number of aliphatic hydroxyl groups excluding tert-OH is 3. The van der Waals surface area contributed by atoms with Crippen LogP contribution in [0.4, 0.5) is 0 Å². The van der Waals surface area contributed by atoms with Crippen molar-refractivity contribution in [2.45, 2.75) is 6.10 Å². The SMILES string of the molecule is OB(O)c1ccccc1.OCC(O)CO. The molecule has 6 heteroatoms. The van der Waals surface area contributed by atoms with Crippen LogP contribution < -0.4 is 5.46 Å². The third kappa shape index (κ3) is 7.07. The molecule has 0 amide bonds. The molecule has 0 aliphatic heterocycles. The first kappa shape index (κ1) is 14.1. The Hall–Kier alpha value is -0.915. The highest BCUT2D eigenvalue weighted by molar-refractivity contribution is 6.58. The Kier molecular flexibility index (Phi) is 7.89. The van der Waals surface area contributed by atoms with E-state index in [0.717, 1.165) is 0 Å². The number of hydrogen-bond donors (Lipinski definition) is 5. The zero-order valence-electron chi connectivity index (χ0n) is 8.19. The Labute approximate surface area is 88.4 Å². The average Bonchev–Trinajstić information content (AvgIpc) is 2.30. The van der Waals surface area contributed by atoms with Crippen LogP contribution in [0.25, 0.3) is 0 Å². The molecule has 15 heavy (non-hydrogen) atoms. The lowest BCUT2D eigenvalue weighted by atomic mass is 9.81. The van der Waals surface area contributed by atoms with E-state index in [1.807, 2.05) is 6.07 Å². The van der Waals surface area contributed by atoms with Gasteiger partial charge in [0, 0.05) is 0 Å². The molecular weight excluding hydrogens is 199 g/mol. The van der Waals surface area contributed by atoms with Crippen LogP contribution in [0.15, 0.2) is 30.3 Å². The first-order valence-corrected chi connectivity index (χ1v) is 4.42. The van der Waals surface area contributed by atoms with E-state index < -0.39 is 13.2 Å². The highest BCUT2D eigenvalue weighted by Gasteiger charge is 2.07. The van der Waals surface area contributed by atoms with Gasteiger partial charge in [0.05, 0.1) is 13.2 Å². The molecule has 0 bridgehead atoms. The van der Waals surface area contributed by atoms with Crippen molar-refractivity contribution in [3.05, 3.63) is 30.3 Å². The van der Waals surface area contributed by atoms with Crippen LogP contribution in [-0.4, -0.2) is 51.8 Å². The summed E-state index contributed by atoms with van der Waals surface area (Å²) >= 11 is 0. The summed E-state index contributed by atoms with van der Waals surface area (Å²) in [4.78, 5) is 0. The topological polar surface area (TPSA) is 101 Å². The van der Waals surface area contributed by atoms with Gasteiger partial charge in [0.15, 0.2) is 0 Å². The van der Waals surface area contributed by atoms with E-state index in [9.17, 15) is 0 Å². The maximum Gasteiger partial charge on any atom is 0.488 e. The largest absolute Gasteiger partial charge is 0.488 e. The van der Waals surface area contributed by atoms with Gasteiger partial charge >= 0.3 is 7.12 Å². The predicted octanol–water partition coefficient (Wildman–Crippen LogP) is -2.30. The van der Waals surface area contributed by atoms with Crippen LogP contribution in [-0.2, 0) is 0 Å². The highest BCUT2D eigenvalue weighted by atomic mass is 16.4. The predicted molar refractivity (Wildman–Crippen MR) is 56.4 cm³/mol. The highest BCUT2D eigenvalue weighted by Crippen LogP contribution is 1.82. The van der Waals surface area contributed by atoms with Crippen LogP contribution >= 0.6 is 0 Å². The summed E-state index contributed by atoms with van der Waals surface area (Å²) in [5.74, 6) is 0. The molecule has 0 radical (unpaired) electrons. The Morgan fingerprint density at radius 2 is 1.47 bits per heavy atom. The van der Waals surface area contributed by atoms with Crippen LogP contribution in [0.2, 0.25) is 0 Å². The van der Waals surface area contributed by atoms with Gasteiger partial charge in [-0.3, -0.25) is 0 Å². The molecule has 0 aromatic heterocycles. The smallest absolute Gasteiger partial charge is 0.423 e. The summed E-state index contributed by atoms with van der Waals surface area (Å²) < 4.78 is 0. The number of rotatable bonds is 3. The lowest BCUT2D eigenvalue weighted by Gasteiger charge is -1.96. The van der Waals surface area contributed by atoms with Crippen LogP contribution in [0.5, 0.6) is 0 Å². The molecule has 1 aromatic carbocycles. The second kappa shape index (κ2) is 8.40. The molecule has 0 aliphatic carbocycles. The minimum absolute atomic E-state index is 0.365. The number of hydrogen-bond acceptors (Lipinski definition) is 5. The molecule has 5 N–H and O–H groups in total. The van der Waals surface area contributed by atoms with E-state index in [-0.39, 0.29) is 13.2 Å². The molecular formula is C9H15BO5. The monoisotopic (exact) mass is 214 g/mol. The Morgan fingerprint density at radius 3 is 1.67 bits per heavy atom. The number of aliphatic hydroxyl groups is 3. The van der Waals surface area contributed by atoms with Crippen LogP contribution in [0.3, 0.4) is 0 Å². The van der Waals surface area contributed by atoms with Crippen molar-refractivity contribution < 1.29 is 25.4 Å². The third-order valence-corrected chi connectivity index (χ3v) is 1.52. The summed E-state index contributed by atoms with van der Waals surface area (Å²) in [6.07, 6.45) is -0.954. The van der Waals surface area contributed by atoms with Gasteiger partial charge in [-0.1, -0.05) is 30.3 Å². The first-order chi connectivity index (χ1) is 7.11. The van der Waals surface area contributed by atoms with E-state index in [2.05, 4.69) is 0 Å². The molecule has 1 rings (SSSR count). The van der Waals surface area contributed by atoms with Crippen molar-refractivity contribution in [3.8, 4) is 0 Å².